The van der Waals surface area contributed by atoms with Gasteiger partial charge in [0.2, 0.25) is 11.8 Å². The van der Waals surface area contributed by atoms with E-state index in [0.29, 0.717) is 36.5 Å². The van der Waals surface area contributed by atoms with Crippen molar-refractivity contribution in [2.45, 2.75) is 77.3 Å². The summed E-state index contributed by atoms with van der Waals surface area (Å²) in [4.78, 5) is 26.5. The van der Waals surface area contributed by atoms with E-state index in [0.717, 1.165) is 53.0 Å². The van der Waals surface area contributed by atoms with E-state index in [2.05, 4.69) is 57.5 Å². The lowest BCUT2D eigenvalue weighted by atomic mass is 9.80. The summed E-state index contributed by atoms with van der Waals surface area (Å²) in [6, 6.07) is 15.7. The highest BCUT2D eigenvalue weighted by molar-refractivity contribution is 8.00. The lowest BCUT2D eigenvalue weighted by molar-refractivity contribution is 0.0251. The van der Waals surface area contributed by atoms with Crippen molar-refractivity contribution in [3.05, 3.63) is 65.2 Å². The van der Waals surface area contributed by atoms with E-state index >= 15 is 0 Å². The number of hydrogen-bond acceptors (Lipinski definition) is 7. The number of benzene rings is 2. The summed E-state index contributed by atoms with van der Waals surface area (Å²) in [5.41, 5.74) is 4.78. The zero-order chi connectivity index (χ0) is 28.4. The molecule has 5 rings (SSSR count). The second-order valence-electron chi connectivity index (χ2n) is 12.4. The summed E-state index contributed by atoms with van der Waals surface area (Å²) < 4.78 is 9.71. The Morgan fingerprint density at radius 1 is 1.07 bits per heavy atom. The molecule has 8 heteroatoms. The molecule has 1 aliphatic carbocycles. The zero-order valence-corrected chi connectivity index (χ0v) is 24.9. The normalized spacial score (nSPS) is 21.3. The van der Waals surface area contributed by atoms with E-state index in [1.54, 1.807) is 0 Å². The first-order valence-electron chi connectivity index (χ1n) is 14.2. The predicted octanol–water partition coefficient (Wildman–Crippen LogP) is 6.68. The molecule has 7 nitrogen and oxygen atoms in total. The van der Waals surface area contributed by atoms with E-state index in [4.69, 9.17) is 14.7 Å². The van der Waals surface area contributed by atoms with Crippen molar-refractivity contribution in [2.75, 3.05) is 17.9 Å². The van der Waals surface area contributed by atoms with E-state index in [1.165, 1.54) is 11.9 Å². The second kappa shape index (κ2) is 11.8. The minimum atomic E-state index is -0.205. The lowest BCUT2D eigenvalue weighted by Crippen LogP contribution is -2.47. The molecule has 0 saturated heterocycles. The summed E-state index contributed by atoms with van der Waals surface area (Å²) >= 11 is 1.38. The van der Waals surface area contributed by atoms with Gasteiger partial charge in [0, 0.05) is 28.6 Å². The second-order valence-corrected chi connectivity index (χ2v) is 13.3. The van der Waals surface area contributed by atoms with Gasteiger partial charge in [0.1, 0.15) is 6.61 Å². The number of carbonyl (C=O) groups is 1. The Hall–Kier alpha value is -3.10. The van der Waals surface area contributed by atoms with Gasteiger partial charge in [-0.2, -0.15) is 4.98 Å². The number of hydrogen-bond donors (Lipinski definition) is 2. The number of anilines is 1. The molecule has 4 bridgehead atoms. The lowest BCUT2D eigenvalue weighted by Gasteiger charge is -2.38. The molecule has 2 aliphatic rings. The molecule has 1 saturated carbocycles. The van der Waals surface area contributed by atoms with E-state index < -0.39 is 0 Å². The Labute approximate surface area is 241 Å². The number of ether oxygens (including phenoxy) is 1. The van der Waals surface area contributed by atoms with Gasteiger partial charge in [0.15, 0.2) is 0 Å². The van der Waals surface area contributed by atoms with Crippen LogP contribution in [-0.4, -0.2) is 51.2 Å². The summed E-state index contributed by atoms with van der Waals surface area (Å²) in [6.07, 6.45) is 3.06. The molecule has 0 radical (unpaired) electrons. The first-order valence-corrected chi connectivity index (χ1v) is 15.0. The standard InChI is InChI=1S/C32H40N4O3S/c1-20-8-6-9-21(2)29(20)27-17-28-34-31(33-27)35-40-26-11-7-10-23(16-26)30(38)36(13-12-22-14-25(37)15-22)24(19-39-28)18-32(3,4)5/h6-11,16-17,22,24-25,37H,12-15,18-19H2,1-5H3,(H,33,34,35). The number of nitrogens with one attached hydrogen (secondary N) is 1. The van der Waals surface area contributed by atoms with E-state index in [9.17, 15) is 9.90 Å². The molecule has 3 aromatic rings. The fourth-order valence-electron chi connectivity index (χ4n) is 5.71. The third kappa shape index (κ3) is 6.78. The summed E-state index contributed by atoms with van der Waals surface area (Å²) in [5.74, 6) is 1.39. The highest BCUT2D eigenvalue weighted by atomic mass is 32.2. The molecule has 40 heavy (non-hydrogen) atoms. The van der Waals surface area contributed by atoms with Crippen LogP contribution in [0.2, 0.25) is 0 Å². The Morgan fingerprint density at radius 3 is 2.50 bits per heavy atom. The maximum Gasteiger partial charge on any atom is 0.254 e. The van der Waals surface area contributed by atoms with Crippen LogP contribution in [0.1, 0.15) is 67.9 Å². The molecule has 1 aromatic heterocycles. The van der Waals surface area contributed by atoms with Gasteiger partial charge in [-0.3, -0.25) is 9.52 Å². The van der Waals surface area contributed by atoms with Crippen molar-refractivity contribution in [3.8, 4) is 17.1 Å². The molecule has 1 unspecified atom stereocenters. The average molecular weight is 561 g/mol. The number of aryl methyl sites for hydroxylation is 2. The molecular weight excluding hydrogens is 520 g/mol. The Kier molecular flexibility index (Phi) is 8.38. The first-order chi connectivity index (χ1) is 19.1. The minimum absolute atomic E-state index is 0.00781. The highest BCUT2D eigenvalue weighted by Gasteiger charge is 2.33. The number of aliphatic hydroxyl groups excluding tert-OH is 1. The number of aromatic nitrogens is 2. The number of aliphatic hydroxyl groups is 1. The molecule has 0 spiro atoms. The quantitative estimate of drug-likeness (QED) is 0.337. The molecular formula is C32H40N4O3S. The predicted molar refractivity (Wildman–Crippen MR) is 161 cm³/mol. The molecule has 212 valence electrons. The number of carbonyl (C=O) groups excluding carboxylic acids is 1. The van der Waals surface area contributed by atoms with Gasteiger partial charge in [-0.1, -0.05) is 45.0 Å². The largest absolute Gasteiger partial charge is 0.475 e. The average Bonchev–Trinajstić information content (AvgIpc) is 2.88. The van der Waals surface area contributed by atoms with Crippen molar-refractivity contribution >= 4 is 23.8 Å². The summed E-state index contributed by atoms with van der Waals surface area (Å²) in [7, 11) is 0. The molecule has 2 heterocycles. The maximum absolute atomic E-state index is 14.1. The van der Waals surface area contributed by atoms with Crippen LogP contribution in [0.25, 0.3) is 11.3 Å². The van der Waals surface area contributed by atoms with Crippen LogP contribution >= 0.6 is 11.9 Å². The van der Waals surface area contributed by atoms with Gasteiger partial charge in [0.25, 0.3) is 5.91 Å². The van der Waals surface area contributed by atoms with Gasteiger partial charge in [-0.15, -0.1) is 0 Å². The van der Waals surface area contributed by atoms with Crippen LogP contribution in [0.4, 0.5) is 5.95 Å². The maximum atomic E-state index is 14.1. The van der Waals surface area contributed by atoms with Crippen LogP contribution in [0.3, 0.4) is 0 Å². The molecule has 1 atom stereocenters. The number of amides is 1. The minimum Gasteiger partial charge on any atom is -0.475 e. The fraction of sp³-hybridized carbons (Fsp3) is 0.469. The Morgan fingerprint density at radius 2 is 1.80 bits per heavy atom. The summed E-state index contributed by atoms with van der Waals surface area (Å²) in [5, 5.41) is 9.82. The molecule has 1 amide bonds. The highest BCUT2D eigenvalue weighted by Crippen LogP contribution is 2.34. The van der Waals surface area contributed by atoms with Gasteiger partial charge >= 0.3 is 0 Å². The van der Waals surface area contributed by atoms with Crippen LogP contribution < -0.4 is 9.46 Å². The van der Waals surface area contributed by atoms with Gasteiger partial charge in [-0.25, -0.2) is 4.98 Å². The van der Waals surface area contributed by atoms with Crippen LogP contribution in [0, 0.1) is 25.2 Å². The molecule has 1 aliphatic heterocycles. The molecule has 1 fully saturated rings. The monoisotopic (exact) mass is 560 g/mol. The van der Waals surface area contributed by atoms with Crippen LogP contribution in [0.15, 0.2) is 53.4 Å². The third-order valence-corrected chi connectivity index (χ3v) is 8.52. The topological polar surface area (TPSA) is 87.6 Å². The van der Waals surface area contributed by atoms with Crippen molar-refractivity contribution in [2.24, 2.45) is 11.3 Å². The van der Waals surface area contributed by atoms with Crippen LogP contribution in [-0.2, 0) is 0 Å². The van der Waals surface area contributed by atoms with Crippen molar-refractivity contribution < 1.29 is 14.6 Å². The molecule has 2 aromatic carbocycles. The van der Waals surface area contributed by atoms with Gasteiger partial charge in [0.05, 0.1) is 17.8 Å². The van der Waals surface area contributed by atoms with Gasteiger partial charge in [-0.05, 0) is 92.1 Å². The number of rotatable bonds is 5. The Balaban J connectivity index is 1.54. The fourth-order valence-corrected chi connectivity index (χ4v) is 6.34. The number of nitrogens with zero attached hydrogens (tertiary/aromatic N) is 3. The van der Waals surface area contributed by atoms with Gasteiger partial charge < -0.3 is 14.7 Å². The van der Waals surface area contributed by atoms with Crippen molar-refractivity contribution in [3.63, 3.8) is 0 Å². The van der Waals surface area contributed by atoms with Crippen molar-refractivity contribution in [1.82, 2.24) is 14.9 Å². The van der Waals surface area contributed by atoms with Crippen molar-refractivity contribution in [1.29, 1.82) is 0 Å². The Bertz CT molecular complexity index is 1350. The smallest absolute Gasteiger partial charge is 0.254 e. The van der Waals surface area contributed by atoms with Crippen LogP contribution in [0.5, 0.6) is 5.88 Å². The van der Waals surface area contributed by atoms with E-state index in [-0.39, 0.29) is 23.5 Å². The number of fused-ring (bicyclic) bond motifs is 4. The molecule has 2 N–H and O–H groups in total. The SMILES string of the molecule is Cc1cccc(C)c1-c1cc2nc(n1)NSc1cccc(c1)C(=O)N(CCC1CC(O)C1)C(CC(C)(C)C)CO2. The summed E-state index contributed by atoms with van der Waals surface area (Å²) in [6.45, 7) is 11.7. The van der Waals surface area contributed by atoms with E-state index in [1.807, 2.05) is 35.2 Å². The zero-order valence-electron chi connectivity index (χ0n) is 24.1. The third-order valence-electron chi connectivity index (χ3n) is 7.74. The first kappa shape index (κ1) is 28.4.